The van der Waals surface area contributed by atoms with E-state index in [1.54, 1.807) is 7.11 Å². The lowest BCUT2D eigenvalue weighted by atomic mass is 10.0. The van der Waals surface area contributed by atoms with Gasteiger partial charge in [0.1, 0.15) is 5.75 Å². The highest BCUT2D eigenvalue weighted by Crippen LogP contribution is 2.14. The van der Waals surface area contributed by atoms with E-state index in [-0.39, 0.29) is 5.43 Å². The predicted octanol–water partition coefficient (Wildman–Crippen LogP) is 4.72. The van der Waals surface area contributed by atoms with Crippen LogP contribution in [-0.4, -0.2) is 12.1 Å². The lowest BCUT2D eigenvalue weighted by molar-refractivity contribution is 0.414. The van der Waals surface area contributed by atoms with E-state index in [9.17, 15) is 4.79 Å². The van der Waals surface area contributed by atoms with Gasteiger partial charge in [-0.2, -0.15) is 0 Å². The highest BCUT2D eigenvalue weighted by Gasteiger charge is 2.06. The van der Waals surface area contributed by atoms with Crippen molar-refractivity contribution < 1.29 is 4.74 Å². The van der Waals surface area contributed by atoms with Gasteiger partial charge in [0.2, 0.25) is 0 Å². The number of ether oxygens (including phenoxy) is 1. The van der Waals surface area contributed by atoms with Crippen LogP contribution in [0.3, 0.4) is 0 Å². The van der Waals surface area contributed by atoms with Gasteiger partial charge >= 0.3 is 0 Å². The largest absolute Gasteiger partial charge is 0.497 e. The number of pyridine rings is 1. The number of benzene rings is 3. The van der Waals surface area contributed by atoms with Crippen LogP contribution in [0.4, 0.5) is 0 Å². The van der Waals surface area contributed by atoms with Crippen LogP contribution in [0.15, 0.2) is 83.8 Å². The third-order valence-corrected chi connectivity index (χ3v) is 4.88. The Morgan fingerprint density at radius 2 is 1.72 bits per heavy atom. The van der Waals surface area contributed by atoms with Crippen LogP contribution in [0.2, 0.25) is 0 Å². The van der Waals surface area contributed by atoms with Crippen LogP contribution >= 0.6 is 0 Å². The molecule has 0 saturated heterocycles. The zero-order chi connectivity index (χ0) is 20.1. The summed E-state index contributed by atoms with van der Waals surface area (Å²) in [5, 5.41) is 0.676. The summed E-state index contributed by atoms with van der Waals surface area (Å²) < 4.78 is 5.17. The van der Waals surface area contributed by atoms with Gasteiger partial charge in [-0.1, -0.05) is 54.3 Å². The molecule has 3 nitrogen and oxygen atoms in total. The van der Waals surface area contributed by atoms with Gasteiger partial charge in [0.25, 0.3) is 0 Å². The fourth-order valence-electron chi connectivity index (χ4n) is 3.28. The Hall–Kier alpha value is -3.77. The van der Waals surface area contributed by atoms with Gasteiger partial charge in [-0.05, 0) is 41.5 Å². The lowest BCUT2D eigenvalue weighted by Gasteiger charge is -2.04. The van der Waals surface area contributed by atoms with Gasteiger partial charge in [0, 0.05) is 41.1 Å². The zero-order valence-corrected chi connectivity index (χ0v) is 16.2. The fourth-order valence-corrected chi connectivity index (χ4v) is 3.28. The molecule has 0 fully saturated rings. The number of hydrogen-bond acceptors (Lipinski definition) is 2. The molecule has 1 heterocycles. The molecule has 0 bridgehead atoms. The Morgan fingerprint density at radius 1 is 0.931 bits per heavy atom. The molecule has 4 aromatic rings. The average Bonchev–Trinajstić information content (AvgIpc) is 2.77. The van der Waals surface area contributed by atoms with Gasteiger partial charge in [-0.15, -0.1) is 0 Å². The monoisotopic (exact) mass is 379 g/mol. The summed E-state index contributed by atoms with van der Waals surface area (Å²) in [5.41, 5.74) is 4.73. The topological polar surface area (TPSA) is 42.1 Å². The third-order valence-electron chi connectivity index (χ3n) is 4.88. The maximum atomic E-state index is 13.0. The van der Waals surface area contributed by atoms with E-state index in [0.717, 1.165) is 33.5 Å². The van der Waals surface area contributed by atoms with Crippen LogP contribution in [0, 0.1) is 11.8 Å². The second kappa shape index (κ2) is 8.50. The van der Waals surface area contributed by atoms with Crippen LogP contribution in [0.25, 0.3) is 10.9 Å². The van der Waals surface area contributed by atoms with Crippen LogP contribution in [0.1, 0.15) is 22.3 Å². The number of nitrogens with one attached hydrogen (secondary N) is 1. The van der Waals surface area contributed by atoms with E-state index in [2.05, 4.69) is 16.8 Å². The number of methoxy groups -OCH3 is 1. The molecule has 0 aliphatic heterocycles. The molecule has 0 saturated carbocycles. The molecule has 0 amide bonds. The van der Waals surface area contributed by atoms with E-state index < -0.39 is 0 Å². The van der Waals surface area contributed by atoms with E-state index in [1.165, 1.54) is 0 Å². The molecule has 142 valence electrons. The SMILES string of the molecule is COc1ccc(CC#Cc2ccc3[nH]cc(Cc4ccccc4)c(=O)c3c2)cc1. The van der Waals surface area contributed by atoms with Crippen molar-refractivity contribution >= 4 is 10.9 Å². The first kappa shape index (κ1) is 18.6. The normalized spacial score (nSPS) is 10.4. The quantitative estimate of drug-likeness (QED) is 0.521. The number of aromatic nitrogens is 1. The summed E-state index contributed by atoms with van der Waals surface area (Å²) in [5.74, 6) is 7.20. The maximum Gasteiger partial charge on any atom is 0.192 e. The molecule has 4 rings (SSSR count). The molecule has 1 aromatic heterocycles. The highest BCUT2D eigenvalue weighted by atomic mass is 16.5. The van der Waals surface area contributed by atoms with Gasteiger partial charge in [-0.25, -0.2) is 0 Å². The van der Waals surface area contributed by atoms with E-state index in [0.29, 0.717) is 18.2 Å². The van der Waals surface area contributed by atoms with Crippen LogP contribution in [-0.2, 0) is 12.8 Å². The number of rotatable bonds is 4. The summed E-state index contributed by atoms with van der Waals surface area (Å²) in [7, 11) is 1.65. The Balaban J connectivity index is 1.58. The molecule has 0 atom stereocenters. The maximum absolute atomic E-state index is 13.0. The smallest absolute Gasteiger partial charge is 0.192 e. The average molecular weight is 379 g/mol. The third kappa shape index (κ3) is 4.39. The minimum atomic E-state index is 0.0569. The molecule has 29 heavy (non-hydrogen) atoms. The second-order valence-electron chi connectivity index (χ2n) is 6.89. The standard InChI is InChI=1S/C26H21NO2/c1-29-23-13-10-19(11-14-23)8-5-9-21-12-15-25-24(17-21)26(28)22(18-27-25)16-20-6-3-2-4-7-20/h2-4,6-7,10-15,17-18H,8,16H2,1H3,(H,27,28). The fraction of sp³-hybridized carbons (Fsp3) is 0.115. The summed E-state index contributed by atoms with van der Waals surface area (Å²) >= 11 is 0. The summed E-state index contributed by atoms with van der Waals surface area (Å²) in [6, 6.07) is 23.6. The molecule has 0 unspecified atom stereocenters. The van der Waals surface area contributed by atoms with Crippen molar-refractivity contribution in [2.75, 3.05) is 7.11 Å². The number of fused-ring (bicyclic) bond motifs is 1. The van der Waals surface area contributed by atoms with E-state index >= 15 is 0 Å². The van der Waals surface area contributed by atoms with Crippen molar-refractivity contribution in [3.05, 3.63) is 111 Å². The van der Waals surface area contributed by atoms with E-state index in [1.807, 2.05) is 79.0 Å². The van der Waals surface area contributed by atoms with E-state index in [4.69, 9.17) is 4.74 Å². The number of hydrogen-bond donors (Lipinski definition) is 1. The Bertz CT molecular complexity index is 1240. The first-order valence-electron chi connectivity index (χ1n) is 9.53. The van der Waals surface area contributed by atoms with Crippen LogP contribution in [0.5, 0.6) is 5.75 Å². The molecular formula is C26H21NO2. The van der Waals surface area contributed by atoms with Crippen molar-refractivity contribution in [3.8, 4) is 17.6 Å². The minimum absolute atomic E-state index is 0.0569. The lowest BCUT2D eigenvalue weighted by Crippen LogP contribution is -2.10. The molecule has 3 heteroatoms. The molecular weight excluding hydrogens is 358 g/mol. The molecule has 0 spiro atoms. The van der Waals surface area contributed by atoms with Gasteiger partial charge in [0.15, 0.2) is 5.43 Å². The zero-order valence-electron chi connectivity index (χ0n) is 16.2. The highest BCUT2D eigenvalue weighted by molar-refractivity contribution is 5.80. The summed E-state index contributed by atoms with van der Waals surface area (Å²) in [4.78, 5) is 16.2. The molecule has 0 aliphatic rings. The first-order valence-corrected chi connectivity index (χ1v) is 9.53. The number of H-pyrrole nitrogens is 1. The summed E-state index contributed by atoms with van der Waals surface area (Å²) in [6.45, 7) is 0. The Labute approximate surface area is 170 Å². The molecule has 0 radical (unpaired) electrons. The Kier molecular flexibility index (Phi) is 5.45. The number of aromatic amines is 1. The molecule has 3 aromatic carbocycles. The second-order valence-corrected chi connectivity index (χ2v) is 6.89. The Morgan fingerprint density at radius 3 is 2.48 bits per heavy atom. The minimum Gasteiger partial charge on any atom is -0.497 e. The van der Waals surface area contributed by atoms with Gasteiger partial charge in [-0.3, -0.25) is 4.79 Å². The first-order chi connectivity index (χ1) is 14.2. The van der Waals surface area contributed by atoms with Crippen molar-refractivity contribution in [3.63, 3.8) is 0 Å². The van der Waals surface area contributed by atoms with Crippen molar-refractivity contribution in [2.45, 2.75) is 12.8 Å². The van der Waals surface area contributed by atoms with Crippen LogP contribution < -0.4 is 10.2 Å². The molecule has 0 aliphatic carbocycles. The van der Waals surface area contributed by atoms with Gasteiger partial charge < -0.3 is 9.72 Å². The molecule has 1 N–H and O–H groups in total. The summed E-state index contributed by atoms with van der Waals surface area (Å²) in [6.07, 6.45) is 3.07. The van der Waals surface area contributed by atoms with Crippen molar-refractivity contribution in [2.24, 2.45) is 0 Å². The van der Waals surface area contributed by atoms with Gasteiger partial charge in [0.05, 0.1) is 7.11 Å². The van der Waals surface area contributed by atoms with Crippen molar-refractivity contribution in [1.29, 1.82) is 0 Å². The predicted molar refractivity (Wildman–Crippen MR) is 117 cm³/mol. The van der Waals surface area contributed by atoms with Crippen molar-refractivity contribution in [1.82, 2.24) is 4.98 Å².